The summed E-state index contributed by atoms with van der Waals surface area (Å²) in [6.07, 6.45) is 3.58. The Labute approximate surface area is 170 Å². The van der Waals surface area contributed by atoms with Crippen molar-refractivity contribution >= 4 is 23.5 Å². The number of carbonyl (C=O) groups is 2. The van der Waals surface area contributed by atoms with Crippen molar-refractivity contribution in [3.63, 3.8) is 0 Å². The first kappa shape index (κ1) is 21.7. The van der Waals surface area contributed by atoms with Crippen LogP contribution in [0.25, 0.3) is 0 Å². The summed E-state index contributed by atoms with van der Waals surface area (Å²) >= 11 is 6.12. The average molecular weight is 406 g/mol. The third kappa shape index (κ3) is 6.23. The number of hydrogen-bond donors (Lipinski definition) is 1. The lowest BCUT2D eigenvalue weighted by molar-refractivity contribution is -0.671. The number of rotatable bonds is 7. The number of hydrogen-bond acceptors (Lipinski definition) is 4. The third-order valence-corrected chi connectivity index (χ3v) is 4.65. The van der Waals surface area contributed by atoms with E-state index in [0.717, 1.165) is 11.1 Å². The van der Waals surface area contributed by atoms with E-state index < -0.39 is 11.5 Å². The van der Waals surface area contributed by atoms with E-state index in [9.17, 15) is 9.59 Å². The number of esters is 1. The standard InChI is InChI=1S/C21H25ClN2O4/c1-14-10-17(11-15(2)19(14)22)27-12-18(25)28-13-21(3,4)23-20(26)16-6-8-24(5)9-7-16/h6-11H,12-13H2,1-5H3/p+1. The average Bonchev–Trinajstić information content (AvgIpc) is 2.62. The molecular weight excluding hydrogens is 380 g/mol. The first-order valence-electron chi connectivity index (χ1n) is 8.90. The van der Waals surface area contributed by atoms with E-state index in [2.05, 4.69) is 5.32 Å². The number of halogens is 1. The summed E-state index contributed by atoms with van der Waals surface area (Å²) in [7, 11) is 1.87. The molecule has 1 N–H and O–H groups in total. The number of amides is 1. The molecule has 2 aromatic rings. The fraction of sp³-hybridized carbons (Fsp3) is 0.381. The van der Waals surface area contributed by atoms with Crippen molar-refractivity contribution in [3.05, 3.63) is 58.4 Å². The van der Waals surface area contributed by atoms with E-state index in [1.807, 2.05) is 25.5 Å². The fourth-order valence-electron chi connectivity index (χ4n) is 2.50. The highest BCUT2D eigenvalue weighted by atomic mass is 35.5. The Morgan fingerprint density at radius 2 is 1.71 bits per heavy atom. The van der Waals surface area contributed by atoms with Crippen molar-refractivity contribution in [2.24, 2.45) is 7.05 Å². The zero-order valence-electron chi connectivity index (χ0n) is 16.8. The van der Waals surface area contributed by atoms with Crippen LogP contribution in [0.4, 0.5) is 0 Å². The van der Waals surface area contributed by atoms with Gasteiger partial charge < -0.3 is 14.8 Å². The van der Waals surface area contributed by atoms with Crippen LogP contribution in [0.2, 0.25) is 5.02 Å². The van der Waals surface area contributed by atoms with E-state index in [4.69, 9.17) is 21.1 Å². The first-order chi connectivity index (χ1) is 13.1. The van der Waals surface area contributed by atoms with Gasteiger partial charge in [0.1, 0.15) is 19.4 Å². The Morgan fingerprint density at radius 1 is 1.14 bits per heavy atom. The molecule has 150 valence electrons. The number of carbonyl (C=O) groups excluding carboxylic acids is 2. The molecule has 0 fully saturated rings. The molecule has 0 spiro atoms. The van der Waals surface area contributed by atoms with Gasteiger partial charge in [-0.25, -0.2) is 9.36 Å². The maximum absolute atomic E-state index is 12.3. The van der Waals surface area contributed by atoms with Gasteiger partial charge in [-0.15, -0.1) is 0 Å². The quantitative estimate of drug-likeness (QED) is 0.568. The number of aryl methyl sites for hydroxylation is 3. The van der Waals surface area contributed by atoms with Gasteiger partial charge in [-0.1, -0.05) is 11.6 Å². The molecule has 2 rings (SSSR count). The molecule has 1 heterocycles. The highest BCUT2D eigenvalue weighted by Crippen LogP contribution is 2.25. The smallest absolute Gasteiger partial charge is 0.344 e. The minimum atomic E-state index is -0.724. The first-order valence-corrected chi connectivity index (χ1v) is 9.28. The lowest BCUT2D eigenvalue weighted by Gasteiger charge is -2.25. The maximum atomic E-state index is 12.3. The van der Waals surface area contributed by atoms with Crippen molar-refractivity contribution in [2.45, 2.75) is 33.2 Å². The number of benzene rings is 1. The normalized spacial score (nSPS) is 11.1. The van der Waals surface area contributed by atoms with Gasteiger partial charge in [0.05, 0.1) is 11.1 Å². The SMILES string of the molecule is Cc1cc(OCC(=O)OCC(C)(C)NC(=O)c2cc[n+](C)cc2)cc(C)c1Cl. The summed E-state index contributed by atoms with van der Waals surface area (Å²) in [6, 6.07) is 6.99. The molecule has 0 unspecified atom stereocenters. The predicted molar refractivity (Wildman–Crippen MR) is 107 cm³/mol. The molecule has 1 aromatic heterocycles. The van der Waals surface area contributed by atoms with Crippen molar-refractivity contribution < 1.29 is 23.6 Å². The lowest BCUT2D eigenvalue weighted by Crippen LogP contribution is -2.47. The van der Waals surface area contributed by atoms with Gasteiger partial charge in [0.15, 0.2) is 19.0 Å². The number of nitrogens with one attached hydrogen (secondary N) is 1. The topological polar surface area (TPSA) is 68.5 Å². The Bertz CT molecular complexity index is 840. The molecule has 0 aliphatic heterocycles. The van der Waals surface area contributed by atoms with Gasteiger partial charge in [-0.3, -0.25) is 4.79 Å². The van der Waals surface area contributed by atoms with Gasteiger partial charge in [0, 0.05) is 17.2 Å². The van der Waals surface area contributed by atoms with Crippen molar-refractivity contribution in [1.82, 2.24) is 5.32 Å². The molecular formula is C21H26ClN2O4+. The highest BCUT2D eigenvalue weighted by Gasteiger charge is 2.24. The summed E-state index contributed by atoms with van der Waals surface area (Å²) in [5.41, 5.74) is 1.57. The van der Waals surface area contributed by atoms with Crippen LogP contribution in [0.1, 0.15) is 35.3 Å². The van der Waals surface area contributed by atoms with E-state index >= 15 is 0 Å². The summed E-state index contributed by atoms with van der Waals surface area (Å²) in [4.78, 5) is 24.3. The van der Waals surface area contributed by atoms with E-state index in [1.54, 1.807) is 50.5 Å². The van der Waals surface area contributed by atoms with Crippen molar-refractivity contribution in [3.8, 4) is 5.75 Å². The van der Waals surface area contributed by atoms with Crippen molar-refractivity contribution in [2.75, 3.05) is 13.2 Å². The molecule has 0 aliphatic rings. The third-order valence-electron chi connectivity index (χ3n) is 4.05. The highest BCUT2D eigenvalue weighted by molar-refractivity contribution is 6.32. The molecule has 0 saturated heterocycles. The summed E-state index contributed by atoms with van der Waals surface area (Å²) in [5, 5.41) is 3.54. The second kappa shape index (κ2) is 9.06. The molecule has 0 radical (unpaired) electrons. The van der Waals surface area contributed by atoms with Crippen LogP contribution in [0.3, 0.4) is 0 Å². The van der Waals surface area contributed by atoms with Gasteiger partial charge in [0.2, 0.25) is 0 Å². The Kier molecular flexibility index (Phi) is 7.02. The monoisotopic (exact) mass is 405 g/mol. The Balaban J connectivity index is 1.83. The fourth-order valence-corrected chi connectivity index (χ4v) is 2.61. The minimum absolute atomic E-state index is 0.0280. The molecule has 28 heavy (non-hydrogen) atoms. The molecule has 0 saturated carbocycles. The van der Waals surface area contributed by atoms with Crippen LogP contribution in [0.15, 0.2) is 36.7 Å². The second-order valence-corrected chi connectivity index (χ2v) is 7.79. The number of pyridine rings is 1. The van der Waals surface area contributed by atoms with Crippen LogP contribution in [-0.4, -0.2) is 30.6 Å². The molecule has 1 aromatic carbocycles. The molecule has 0 bridgehead atoms. The summed E-state index contributed by atoms with van der Waals surface area (Å²) in [6.45, 7) is 7.12. The zero-order chi connectivity index (χ0) is 20.9. The van der Waals surface area contributed by atoms with Crippen LogP contribution in [0.5, 0.6) is 5.75 Å². The van der Waals surface area contributed by atoms with Gasteiger partial charge in [-0.05, 0) is 51.0 Å². The number of aromatic nitrogens is 1. The lowest BCUT2D eigenvalue weighted by atomic mass is 10.1. The molecule has 7 heteroatoms. The summed E-state index contributed by atoms with van der Waals surface area (Å²) < 4.78 is 12.6. The van der Waals surface area contributed by atoms with Crippen LogP contribution >= 0.6 is 11.6 Å². The van der Waals surface area contributed by atoms with Gasteiger partial charge in [-0.2, -0.15) is 0 Å². The predicted octanol–water partition coefficient (Wildman–Crippen LogP) is 2.91. The van der Waals surface area contributed by atoms with E-state index in [-0.39, 0.29) is 19.1 Å². The van der Waals surface area contributed by atoms with Crippen molar-refractivity contribution in [1.29, 1.82) is 0 Å². The molecule has 0 aliphatic carbocycles. The van der Waals surface area contributed by atoms with Gasteiger partial charge in [0.25, 0.3) is 5.91 Å². The van der Waals surface area contributed by atoms with Gasteiger partial charge >= 0.3 is 5.97 Å². The second-order valence-electron chi connectivity index (χ2n) is 7.41. The zero-order valence-corrected chi connectivity index (χ0v) is 17.6. The molecule has 6 nitrogen and oxygen atoms in total. The maximum Gasteiger partial charge on any atom is 0.344 e. The molecule has 0 atom stereocenters. The van der Waals surface area contributed by atoms with Crippen LogP contribution in [0, 0.1) is 13.8 Å². The van der Waals surface area contributed by atoms with Crippen LogP contribution in [-0.2, 0) is 16.6 Å². The summed E-state index contributed by atoms with van der Waals surface area (Å²) in [5.74, 6) is -0.189. The minimum Gasteiger partial charge on any atom is -0.482 e. The number of ether oxygens (including phenoxy) is 2. The Hall–Kier alpha value is -2.60. The Morgan fingerprint density at radius 3 is 2.29 bits per heavy atom. The largest absolute Gasteiger partial charge is 0.482 e. The number of nitrogens with zero attached hydrogens (tertiary/aromatic N) is 1. The van der Waals surface area contributed by atoms with E-state index in [0.29, 0.717) is 16.3 Å². The van der Waals surface area contributed by atoms with E-state index in [1.165, 1.54) is 0 Å². The van der Waals surface area contributed by atoms with Crippen LogP contribution < -0.4 is 14.6 Å². The molecule has 1 amide bonds.